The zero-order valence-electron chi connectivity index (χ0n) is 15.0. The lowest BCUT2D eigenvalue weighted by atomic mass is 10.1. The molecule has 7 heteroatoms. The smallest absolute Gasteiger partial charge is 0.412 e. The molecule has 1 N–H and O–H groups in total. The monoisotopic (exact) mass is 373 g/mol. The van der Waals surface area contributed by atoms with Gasteiger partial charge in [0.15, 0.2) is 0 Å². The number of benzene rings is 2. The second-order valence-electron chi connectivity index (χ2n) is 5.39. The maximum absolute atomic E-state index is 11.9. The number of hydrogen-bond acceptors (Lipinski definition) is 6. The van der Waals surface area contributed by atoms with Crippen LogP contribution in [0.2, 0.25) is 0 Å². The molecular formula is C20H23NO6. The number of carbonyl (C=O) groups excluding carboxylic acids is 2. The van der Waals surface area contributed by atoms with Crippen LogP contribution in [-0.2, 0) is 19.0 Å². The highest BCUT2D eigenvalue weighted by atomic mass is 16.6. The number of nitrogens with one attached hydrogen (secondary N) is 1. The average molecular weight is 373 g/mol. The Labute approximate surface area is 157 Å². The van der Waals surface area contributed by atoms with Crippen molar-refractivity contribution in [3.63, 3.8) is 0 Å². The van der Waals surface area contributed by atoms with Crippen LogP contribution in [0.4, 0.5) is 4.79 Å². The predicted molar refractivity (Wildman–Crippen MR) is 101 cm³/mol. The van der Waals surface area contributed by atoms with Gasteiger partial charge in [-0.05, 0) is 11.5 Å². The molecule has 1 amide bonds. The predicted octanol–water partition coefficient (Wildman–Crippen LogP) is 2.69. The number of ether oxygens (including phenoxy) is 4. The van der Waals surface area contributed by atoms with Crippen molar-refractivity contribution in [3.05, 3.63) is 55.1 Å². The molecule has 2 aromatic rings. The second-order valence-corrected chi connectivity index (χ2v) is 5.39. The summed E-state index contributed by atoms with van der Waals surface area (Å²) in [4.78, 5) is 22.7. The van der Waals surface area contributed by atoms with E-state index in [1.165, 1.54) is 0 Å². The summed E-state index contributed by atoms with van der Waals surface area (Å²) in [6.07, 6.45) is 0.566. The highest BCUT2D eigenvalue weighted by molar-refractivity contribution is 5.90. The van der Waals surface area contributed by atoms with Gasteiger partial charge in [0.1, 0.15) is 12.4 Å². The molecule has 0 atom stereocenters. The average Bonchev–Trinajstić information content (AvgIpc) is 2.69. The third-order valence-electron chi connectivity index (χ3n) is 3.48. The van der Waals surface area contributed by atoms with Gasteiger partial charge in [0.2, 0.25) is 0 Å². The minimum atomic E-state index is -0.532. The molecule has 0 aliphatic rings. The summed E-state index contributed by atoms with van der Waals surface area (Å²) in [6.45, 7) is 5.15. The first-order valence-corrected chi connectivity index (χ1v) is 8.59. The van der Waals surface area contributed by atoms with E-state index < -0.39 is 12.1 Å². The molecule has 0 spiro atoms. The lowest BCUT2D eigenvalue weighted by Crippen LogP contribution is -2.30. The summed E-state index contributed by atoms with van der Waals surface area (Å²) in [5.74, 6) is 0.0355. The number of carbonyl (C=O) groups is 2. The highest BCUT2D eigenvalue weighted by Gasteiger charge is 2.07. The van der Waals surface area contributed by atoms with E-state index in [2.05, 4.69) is 11.9 Å². The van der Waals surface area contributed by atoms with Crippen LogP contribution in [0, 0.1) is 0 Å². The van der Waals surface area contributed by atoms with Gasteiger partial charge in [-0.3, -0.25) is 0 Å². The van der Waals surface area contributed by atoms with Crippen LogP contribution >= 0.6 is 0 Å². The molecule has 0 aliphatic carbocycles. The van der Waals surface area contributed by atoms with Crippen molar-refractivity contribution >= 4 is 22.8 Å². The Bertz CT molecular complexity index is 756. The molecule has 0 saturated heterocycles. The summed E-state index contributed by atoms with van der Waals surface area (Å²) in [7, 11) is 0. The standard InChI is InChI=1S/C20H23NO6/c1-2-19(22)26-15-14-25-13-12-24-11-10-21-20(23)27-18-9-5-7-16-6-3-4-8-17(16)18/h2-9H,1,10-15H2,(H,21,23). The van der Waals surface area contributed by atoms with Gasteiger partial charge in [-0.2, -0.15) is 0 Å². The second kappa shape index (κ2) is 11.7. The first-order chi connectivity index (χ1) is 13.2. The minimum Gasteiger partial charge on any atom is -0.460 e. The van der Waals surface area contributed by atoms with Gasteiger partial charge >= 0.3 is 12.1 Å². The van der Waals surface area contributed by atoms with Gasteiger partial charge in [0, 0.05) is 18.0 Å². The quantitative estimate of drug-likeness (QED) is 0.370. The summed E-state index contributed by atoms with van der Waals surface area (Å²) in [6, 6.07) is 13.2. The normalized spacial score (nSPS) is 10.4. The molecule has 0 fully saturated rings. The molecule has 0 heterocycles. The zero-order chi connectivity index (χ0) is 19.3. The topological polar surface area (TPSA) is 83.1 Å². The first-order valence-electron chi connectivity index (χ1n) is 8.59. The maximum Gasteiger partial charge on any atom is 0.412 e. The molecule has 2 aromatic carbocycles. The Morgan fingerprint density at radius 1 is 0.926 bits per heavy atom. The van der Waals surface area contributed by atoms with Crippen LogP contribution in [-0.4, -0.2) is 51.6 Å². The van der Waals surface area contributed by atoms with Crippen molar-refractivity contribution in [1.82, 2.24) is 5.32 Å². The van der Waals surface area contributed by atoms with E-state index in [1.54, 1.807) is 6.07 Å². The van der Waals surface area contributed by atoms with E-state index in [-0.39, 0.29) is 6.61 Å². The van der Waals surface area contributed by atoms with Gasteiger partial charge in [-0.25, -0.2) is 9.59 Å². The van der Waals surface area contributed by atoms with Gasteiger partial charge in [0.05, 0.1) is 26.4 Å². The van der Waals surface area contributed by atoms with Crippen LogP contribution < -0.4 is 10.1 Å². The maximum atomic E-state index is 11.9. The highest BCUT2D eigenvalue weighted by Crippen LogP contribution is 2.25. The van der Waals surface area contributed by atoms with E-state index in [9.17, 15) is 9.59 Å². The minimum absolute atomic E-state index is 0.173. The largest absolute Gasteiger partial charge is 0.460 e. The Morgan fingerprint density at radius 2 is 1.63 bits per heavy atom. The molecule has 0 unspecified atom stereocenters. The Balaban J connectivity index is 1.54. The van der Waals surface area contributed by atoms with Crippen molar-refractivity contribution in [2.75, 3.05) is 39.6 Å². The summed E-state index contributed by atoms with van der Waals surface area (Å²) in [5.41, 5.74) is 0. The third-order valence-corrected chi connectivity index (χ3v) is 3.48. The fourth-order valence-electron chi connectivity index (χ4n) is 2.23. The van der Waals surface area contributed by atoms with Gasteiger partial charge in [-0.1, -0.05) is 43.0 Å². The van der Waals surface area contributed by atoms with Crippen molar-refractivity contribution in [3.8, 4) is 5.75 Å². The molecule has 0 aliphatic heterocycles. The molecular weight excluding hydrogens is 350 g/mol. The summed E-state index contributed by atoms with van der Waals surface area (Å²) < 4.78 is 20.7. The molecule has 0 radical (unpaired) electrons. The first kappa shape index (κ1) is 20.4. The van der Waals surface area contributed by atoms with Crippen molar-refractivity contribution in [2.45, 2.75) is 0 Å². The lowest BCUT2D eigenvalue weighted by Gasteiger charge is -2.09. The number of rotatable bonds is 11. The summed E-state index contributed by atoms with van der Waals surface area (Å²) in [5, 5.41) is 4.51. The van der Waals surface area contributed by atoms with Gasteiger partial charge in [0.25, 0.3) is 0 Å². The van der Waals surface area contributed by atoms with Crippen molar-refractivity contribution in [2.24, 2.45) is 0 Å². The van der Waals surface area contributed by atoms with Crippen LogP contribution in [0.3, 0.4) is 0 Å². The van der Waals surface area contributed by atoms with E-state index >= 15 is 0 Å². The molecule has 7 nitrogen and oxygen atoms in total. The zero-order valence-corrected chi connectivity index (χ0v) is 15.0. The number of fused-ring (bicyclic) bond motifs is 1. The molecule has 0 saturated carbocycles. The molecule has 2 rings (SSSR count). The van der Waals surface area contributed by atoms with Crippen LogP contribution in [0.25, 0.3) is 10.8 Å². The van der Waals surface area contributed by atoms with E-state index in [1.807, 2.05) is 36.4 Å². The number of esters is 1. The van der Waals surface area contributed by atoms with E-state index in [0.717, 1.165) is 16.8 Å². The molecule has 144 valence electrons. The molecule has 27 heavy (non-hydrogen) atoms. The van der Waals surface area contributed by atoms with Crippen LogP contribution in [0.15, 0.2) is 55.1 Å². The van der Waals surface area contributed by atoms with Crippen molar-refractivity contribution < 1.29 is 28.5 Å². The fraction of sp³-hybridized carbons (Fsp3) is 0.300. The van der Waals surface area contributed by atoms with Crippen LogP contribution in [0.5, 0.6) is 5.75 Å². The van der Waals surface area contributed by atoms with Crippen molar-refractivity contribution in [1.29, 1.82) is 0 Å². The molecule has 0 bridgehead atoms. The fourth-order valence-corrected chi connectivity index (χ4v) is 2.23. The summed E-state index contributed by atoms with van der Waals surface area (Å²) >= 11 is 0. The Morgan fingerprint density at radius 3 is 2.44 bits per heavy atom. The SMILES string of the molecule is C=CC(=O)OCCOCCOCCNC(=O)Oc1cccc2ccccc12. The molecule has 0 aromatic heterocycles. The van der Waals surface area contributed by atoms with Gasteiger partial charge in [-0.15, -0.1) is 0 Å². The van der Waals surface area contributed by atoms with Crippen LogP contribution in [0.1, 0.15) is 0 Å². The lowest BCUT2D eigenvalue weighted by molar-refractivity contribution is -0.139. The Hall–Kier alpha value is -2.90. The number of hydrogen-bond donors (Lipinski definition) is 1. The van der Waals surface area contributed by atoms with Gasteiger partial charge < -0.3 is 24.3 Å². The van der Waals surface area contributed by atoms with E-state index in [0.29, 0.717) is 38.7 Å². The third kappa shape index (κ3) is 7.47. The number of amides is 1. The Kier molecular flexibility index (Phi) is 8.82. The van der Waals surface area contributed by atoms with E-state index in [4.69, 9.17) is 18.9 Å².